The van der Waals surface area contributed by atoms with E-state index >= 15 is 0 Å². The Morgan fingerprint density at radius 2 is 2.50 bits per heavy atom. The summed E-state index contributed by atoms with van der Waals surface area (Å²) in [6.07, 6.45) is 11.4. The lowest BCUT2D eigenvalue weighted by Gasteiger charge is -2.26. The van der Waals surface area contributed by atoms with E-state index in [1.807, 2.05) is 0 Å². The van der Waals surface area contributed by atoms with Gasteiger partial charge in [-0.15, -0.1) is 12.3 Å². The Labute approximate surface area is 74.5 Å². The van der Waals surface area contributed by atoms with Crippen molar-refractivity contribution < 1.29 is 4.79 Å². The highest BCUT2D eigenvalue weighted by molar-refractivity contribution is 5.60. The molecule has 1 aliphatic carbocycles. The Bertz CT molecular complexity index is 202. The van der Waals surface area contributed by atoms with Crippen molar-refractivity contribution in [1.29, 1.82) is 0 Å². The molecule has 0 radical (unpaired) electrons. The summed E-state index contributed by atoms with van der Waals surface area (Å²) < 4.78 is 0. The first kappa shape index (κ1) is 9.32. The SMILES string of the molecule is C#CCCC1(C=O)CCCC1C. The largest absolute Gasteiger partial charge is 0.303 e. The Kier molecular flexibility index (Phi) is 2.92. The number of aldehydes is 1. The quantitative estimate of drug-likeness (QED) is 0.462. The number of hydrogen-bond acceptors (Lipinski definition) is 1. The van der Waals surface area contributed by atoms with Crippen LogP contribution in [-0.4, -0.2) is 6.29 Å². The van der Waals surface area contributed by atoms with Gasteiger partial charge in [-0.05, 0) is 25.2 Å². The fourth-order valence-electron chi connectivity index (χ4n) is 2.18. The van der Waals surface area contributed by atoms with E-state index in [1.54, 1.807) is 0 Å². The topological polar surface area (TPSA) is 17.1 Å². The molecule has 1 saturated carbocycles. The first-order valence-corrected chi connectivity index (χ1v) is 4.65. The molecule has 0 aromatic carbocycles. The van der Waals surface area contributed by atoms with Crippen LogP contribution in [0.4, 0.5) is 0 Å². The monoisotopic (exact) mass is 164 g/mol. The molecule has 1 heteroatoms. The van der Waals surface area contributed by atoms with Crippen LogP contribution in [0.1, 0.15) is 39.0 Å². The number of carbonyl (C=O) groups excluding carboxylic acids is 1. The summed E-state index contributed by atoms with van der Waals surface area (Å²) in [4.78, 5) is 11.0. The molecule has 0 bridgehead atoms. The van der Waals surface area contributed by atoms with Gasteiger partial charge in [-0.1, -0.05) is 13.3 Å². The van der Waals surface area contributed by atoms with Crippen LogP contribution in [-0.2, 0) is 4.79 Å². The van der Waals surface area contributed by atoms with Crippen LogP contribution in [0.15, 0.2) is 0 Å². The molecule has 1 nitrogen and oxygen atoms in total. The van der Waals surface area contributed by atoms with Crippen molar-refractivity contribution in [2.75, 3.05) is 0 Å². The van der Waals surface area contributed by atoms with E-state index in [4.69, 9.17) is 6.42 Å². The summed E-state index contributed by atoms with van der Waals surface area (Å²) in [6.45, 7) is 2.16. The van der Waals surface area contributed by atoms with Gasteiger partial charge in [0.25, 0.3) is 0 Å². The number of hydrogen-bond donors (Lipinski definition) is 0. The minimum absolute atomic E-state index is 0.0770. The van der Waals surface area contributed by atoms with Gasteiger partial charge in [-0.25, -0.2) is 0 Å². The van der Waals surface area contributed by atoms with Gasteiger partial charge >= 0.3 is 0 Å². The molecule has 2 unspecified atom stereocenters. The minimum atomic E-state index is -0.0770. The molecular formula is C11H16O. The van der Waals surface area contributed by atoms with Gasteiger partial charge in [-0.2, -0.15) is 0 Å². The van der Waals surface area contributed by atoms with Crippen LogP contribution in [0, 0.1) is 23.7 Å². The molecule has 0 spiro atoms. The van der Waals surface area contributed by atoms with Gasteiger partial charge in [-0.3, -0.25) is 0 Å². The van der Waals surface area contributed by atoms with E-state index < -0.39 is 0 Å². The summed E-state index contributed by atoms with van der Waals surface area (Å²) in [5, 5.41) is 0. The molecule has 1 fully saturated rings. The predicted molar refractivity (Wildman–Crippen MR) is 49.6 cm³/mol. The molecule has 0 aliphatic heterocycles. The third kappa shape index (κ3) is 1.53. The average Bonchev–Trinajstić information content (AvgIpc) is 2.45. The van der Waals surface area contributed by atoms with E-state index in [9.17, 15) is 4.79 Å². The van der Waals surface area contributed by atoms with E-state index in [1.165, 1.54) is 12.8 Å². The fourth-order valence-corrected chi connectivity index (χ4v) is 2.18. The molecule has 0 aromatic heterocycles. The maximum Gasteiger partial charge on any atom is 0.126 e. The van der Waals surface area contributed by atoms with E-state index in [0.29, 0.717) is 5.92 Å². The average molecular weight is 164 g/mol. The zero-order chi connectivity index (χ0) is 9.03. The van der Waals surface area contributed by atoms with Gasteiger partial charge in [0, 0.05) is 11.8 Å². The highest BCUT2D eigenvalue weighted by Gasteiger charge is 2.39. The highest BCUT2D eigenvalue weighted by atomic mass is 16.1. The van der Waals surface area contributed by atoms with Crippen LogP contribution in [0.25, 0.3) is 0 Å². The predicted octanol–water partition coefficient (Wildman–Crippen LogP) is 2.41. The Morgan fingerprint density at radius 3 is 2.92 bits per heavy atom. The van der Waals surface area contributed by atoms with Crippen molar-refractivity contribution >= 4 is 6.29 Å². The molecule has 0 aromatic rings. The first-order chi connectivity index (χ1) is 5.75. The maximum atomic E-state index is 11.0. The number of carbonyl (C=O) groups is 1. The second-order valence-electron chi connectivity index (χ2n) is 3.85. The van der Waals surface area contributed by atoms with Gasteiger partial charge in [0.2, 0.25) is 0 Å². The maximum absolute atomic E-state index is 11.0. The molecule has 0 amide bonds. The Hall–Kier alpha value is -0.770. The number of terminal acetylenes is 1. The normalized spacial score (nSPS) is 34.5. The molecule has 0 N–H and O–H groups in total. The van der Waals surface area contributed by atoms with Gasteiger partial charge in [0.15, 0.2) is 0 Å². The molecule has 2 atom stereocenters. The van der Waals surface area contributed by atoms with E-state index in [-0.39, 0.29) is 5.41 Å². The highest BCUT2D eigenvalue weighted by Crippen LogP contribution is 2.44. The second-order valence-corrected chi connectivity index (χ2v) is 3.85. The zero-order valence-electron chi connectivity index (χ0n) is 7.68. The zero-order valence-corrected chi connectivity index (χ0v) is 7.68. The molecule has 12 heavy (non-hydrogen) atoms. The lowest BCUT2D eigenvalue weighted by molar-refractivity contribution is -0.118. The van der Waals surface area contributed by atoms with Crippen molar-refractivity contribution in [3.8, 4) is 12.3 Å². The summed E-state index contributed by atoms with van der Waals surface area (Å²) in [6, 6.07) is 0. The lowest BCUT2D eigenvalue weighted by Crippen LogP contribution is -2.25. The lowest BCUT2D eigenvalue weighted by atomic mass is 9.76. The molecule has 0 saturated heterocycles. The minimum Gasteiger partial charge on any atom is -0.303 e. The standard InChI is InChI=1S/C11H16O/c1-3-4-7-11(9-12)8-5-6-10(11)2/h1,9-10H,4-8H2,2H3. The molecule has 1 aliphatic rings. The van der Waals surface area contributed by atoms with Crippen molar-refractivity contribution in [2.24, 2.45) is 11.3 Å². The van der Waals surface area contributed by atoms with Crippen LogP contribution in [0.2, 0.25) is 0 Å². The smallest absolute Gasteiger partial charge is 0.126 e. The van der Waals surface area contributed by atoms with Gasteiger partial charge < -0.3 is 4.79 Å². The second kappa shape index (κ2) is 3.76. The fraction of sp³-hybridized carbons (Fsp3) is 0.727. The molecule has 0 heterocycles. The summed E-state index contributed by atoms with van der Waals surface area (Å²) in [7, 11) is 0. The number of rotatable bonds is 3. The van der Waals surface area contributed by atoms with Crippen molar-refractivity contribution in [2.45, 2.75) is 39.0 Å². The molecule has 66 valence electrons. The summed E-state index contributed by atoms with van der Waals surface area (Å²) in [5.41, 5.74) is -0.0770. The van der Waals surface area contributed by atoms with Gasteiger partial charge in [0.05, 0.1) is 0 Å². The third-order valence-corrected chi connectivity index (χ3v) is 3.23. The van der Waals surface area contributed by atoms with Crippen LogP contribution < -0.4 is 0 Å². The summed E-state index contributed by atoms with van der Waals surface area (Å²) in [5.74, 6) is 3.15. The first-order valence-electron chi connectivity index (χ1n) is 4.65. The van der Waals surface area contributed by atoms with Crippen molar-refractivity contribution in [3.63, 3.8) is 0 Å². The Balaban J connectivity index is 2.62. The third-order valence-electron chi connectivity index (χ3n) is 3.23. The molecular weight excluding hydrogens is 148 g/mol. The van der Waals surface area contributed by atoms with E-state index in [0.717, 1.165) is 25.5 Å². The van der Waals surface area contributed by atoms with Crippen LogP contribution in [0.5, 0.6) is 0 Å². The van der Waals surface area contributed by atoms with Crippen molar-refractivity contribution in [1.82, 2.24) is 0 Å². The van der Waals surface area contributed by atoms with E-state index in [2.05, 4.69) is 12.8 Å². The Morgan fingerprint density at radius 1 is 1.75 bits per heavy atom. The van der Waals surface area contributed by atoms with Gasteiger partial charge in [0.1, 0.15) is 6.29 Å². The van der Waals surface area contributed by atoms with Crippen molar-refractivity contribution in [3.05, 3.63) is 0 Å². The van der Waals surface area contributed by atoms with Crippen LogP contribution >= 0.6 is 0 Å². The van der Waals surface area contributed by atoms with Crippen LogP contribution in [0.3, 0.4) is 0 Å². The molecule has 1 rings (SSSR count). The summed E-state index contributed by atoms with van der Waals surface area (Å²) >= 11 is 0.